The van der Waals surface area contributed by atoms with Gasteiger partial charge in [-0.1, -0.05) is 11.8 Å². The van der Waals surface area contributed by atoms with Crippen LogP contribution in [0.2, 0.25) is 0 Å². The summed E-state index contributed by atoms with van der Waals surface area (Å²) in [6.07, 6.45) is 3.33. The Morgan fingerprint density at radius 2 is 2.05 bits per heavy atom. The van der Waals surface area contributed by atoms with Gasteiger partial charge in [0.1, 0.15) is 17.2 Å². The lowest BCUT2D eigenvalue weighted by Crippen LogP contribution is -2.23. The smallest absolute Gasteiger partial charge is 0.296 e. The number of ether oxygens (including phenoxy) is 2. The fourth-order valence-corrected chi connectivity index (χ4v) is 2.16. The predicted octanol–water partition coefficient (Wildman–Crippen LogP) is 1.57. The maximum Gasteiger partial charge on any atom is 0.296 e. The summed E-state index contributed by atoms with van der Waals surface area (Å²) in [5.41, 5.74) is 0.667. The fourth-order valence-electron chi connectivity index (χ4n) is 1.73. The molecule has 0 radical (unpaired) electrons. The number of methoxy groups -OCH3 is 2. The van der Waals surface area contributed by atoms with E-state index in [9.17, 15) is 4.79 Å². The van der Waals surface area contributed by atoms with Crippen molar-refractivity contribution < 1.29 is 9.47 Å². The minimum absolute atomic E-state index is 0.285. The van der Waals surface area contributed by atoms with Gasteiger partial charge >= 0.3 is 0 Å². The Labute approximate surface area is 132 Å². The highest BCUT2D eigenvalue weighted by Crippen LogP contribution is 2.22. The average molecular weight is 320 g/mol. The molecule has 116 valence electrons. The molecule has 2 rings (SSSR count). The first-order valence-corrected chi connectivity index (χ1v) is 7.60. The Bertz CT molecular complexity index is 758. The molecular formula is C14H16N4O3S. The van der Waals surface area contributed by atoms with E-state index in [0.29, 0.717) is 22.2 Å². The van der Waals surface area contributed by atoms with Gasteiger partial charge < -0.3 is 9.47 Å². The van der Waals surface area contributed by atoms with E-state index in [1.807, 2.05) is 0 Å². The second-order valence-electron chi connectivity index (χ2n) is 4.24. The third kappa shape index (κ3) is 3.28. The monoisotopic (exact) mass is 320 g/mol. The SMILES string of the molecule is COc1ccc(OC)c(/C=N\n2c(SC)nnc(C)c2=O)c1. The molecule has 7 nitrogen and oxygen atoms in total. The van der Waals surface area contributed by atoms with Crippen molar-refractivity contribution in [1.82, 2.24) is 14.9 Å². The van der Waals surface area contributed by atoms with Crippen LogP contribution in [-0.2, 0) is 0 Å². The van der Waals surface area contributed by atoms with Crippen LogP contribution in [-0.4, -0.2) is 41.6 Å². The van der Waals surface area contributed by atoms with Gasteiger partial charge in [0.25, 0.3) is 5.56 Å². The van der Waals surface area contributed by atoms with Crippen molar-refractivity contribution in [3.8, 4) is 11.5 Å². The number of hydrogen-bond acceptors (Lipinski definition) is 7. The molecule has 0 aliphatic carbocycles. The maximum atomic E-state index is 12.1. The lowest BCUT2D eigenvalue weighted by molar-refractivity contribution is 0.402. The summed E-state index contributed by atoms with van der Waals surface area (Å²) in [5, 5.41) is 12.4. The maximum absolute atomic E-state index is 12.1. The Hall–Kier alpha value is -2.35. The van der Waals surface area contributed by atoms with Crippen LogP contribution < -0.4 is 15.0 Å². The molecule has 0 fully saturated rings. The normalized spacial score (nSPS) is 10.9. The summed E-state index contributed by atoms with van der Waals surface area (Å²) in [5.74, 6) is 1.30. The molecule has 0 spiro atoms. The van der Waals surface area contributed by atoms with E-state index < -0.39 is 0 Å². The van der Waals surface area contributed by atoms with Gasteiger partial charge in [-0.3, -0.25) is 4.79 Å². The van der Waals surface area contributed by atoms with Gasteiger partial charge in [-0.25, -0.2) is 0 Å². The summed E-state index contributed by atoms with van der Waals surface area (Å²) in [6, 6.07) is 5.33. The van der Waals surface area contributed by atoms with Gasteiger partial charge in [-0.15, -0.1) is 10.2 Å². The minimum atomic E-state index is -0.308. The topological polar surface area (TPSA) is 78.6 Å². The molecule has 0 amide bonds. The lowest BCUT2D eigenvalue weighted by Gasteiger charge is -2.07. The second-order valence-corrected chi connectivity index (χ2v) is 5.01. The number of rotatable bonds is 5. The number of nitrogens with zero attached hydrogens (tertiary/aromatic N) is 4. The van der Waals surface area contributed by atoms with Gasteiger partial charge in [-0.2, -0.15) is 9.78 Å². The lowest BCUT2D eigenvalue weighted by atomic mass is 10.2. The third-order valence-corrected chi connectivity index (χ3v) is 3.52. The van der Waals surface area contributed by atoms with Crippen LogP contribution in [0.5, 0.6) is 11.5 Å². The van der Waals surface area contributed by atoms with Crippen LogP contribution in [0, 0.1) is 6.92 Å². The molecule has 0 N–H and O–H groups in total. The van der Waals surface area contributed by atoms with Gasteiger partial charge in [0, 0.05) is 5.56 Å². The molecule has 8 heteroatoms. The zero-order valence-electron chi connectivity index (χ0n) is 12.7. The zero-order chi connectivity index (χ0) is 16.1. The fraction of sp³-hybridized carbons (Fsp3) is 0.286. The van der Waals surface area contributed by atoms with Crippen LogP contribution >= 0.6 is 11.8 Å². The standard InChI is InChI=1S/C14H16N4O3S/c1-9-13(19)18(14(22-4)17-16-9)15-8-10-7-11(20-2)5-6-12(10)21-3/h5-8H,1-4H3/b15-8-. The summed E-state index contributed by atoms with van der Waals surface area (Å²) in [4.78, 5) is 12.1. The second kappa shape index (κ2) is 7.08. The van der Waals surface area contributed by atoms with Crippen molar-refractivity contribution in [1.29, 1.82) is 0 Å². The van der Waals surface area contributed by atoms with Crippen molar-refractivity contribution in [2.75, 3.05) is 20.5 Å². The first-order valence-electron chi connectivity index (χ1n) is 6.37. The van der Waals surface area contributed by atoms with E-state index in [0.717, 1.165) is 0 Å². The first kappa shape index (κ1) is 16.0. The van der Waals surface area contributed by atoms with E-state index in [1.54, 1.807) is 45.6 Å². The largest absolute Gasteiger partial charge is 0.497 e. The summed E-state index contributed by atoms with van der Waals surface area (Å²) in [6.45, 7) is 1.59. The number of benzene rings is 1. The summed E-state index contributed by atoms with van der Waals surface area (Å²) in [7, 11) is 3.14. The molecule has 0 atom stereocenters. The number of thioether (sulfide) groups is 1. The van der Waals surface area contributed by atoms with Crippen molar-refractivity contribution in [2.24, 2.45) is 5.10 Å². The van der Waals surface area contributed by atoms with Crippen molar-refractivity contribution in [3.63, 3.8) is 0 Å². The highest BCUT2D eigenvalue weighted by atomic mass is 32.2. The van der Waals surface area contributed by atoms with E-state index in [-0.39, 0.29) is 11.3 Å². The van der Waals surface area contributed by atoms with E-state index in [2.05, 4.69) is 15.3 Å². The summed E-state index contributed by atoms with van der Waals surface area (Å²) < 4.78 is 11.7. The van der Waals surface area contributed by atoms with Gasteiger partial charge in [0.15, 0.2) is 0 Å². The summed E-state index contributed by atoms with van der Waals surface area (Å²) >= 11 is 1.29. The number of aromatic nitrogens is 3. The Morgan fingerprint density at radius 1 is 1.27 bits per heavy atom. The molecule has 1 aromatic carbocycles. The number of aryl methyl sites for hydroxylation is 1. The highest BCUT2D eigenvalue weighted by molar-refractivity contribution is 7.98. The quantitative estimate of drug-likeness (QED) is 0.614. The Balaban J connectivity index is 2.49. The Morgan fingerprint density at radius 3 is 2.68 bits per heavy atom. The van der Waals surface area contributed by atoms with E-state index >= 15 is 0 Å². The predicted molar refractivity (Wildman–Crippen MR) is 85.3 cm³/mol. The van der Waals surface area contributed by atoms with Crippen LogP contribution in [0.4, 0.5) is 0 Å². The van der Waals surface area contributed by atoms with Crippen LogP contribution in [0.3, 0.4) is 0 Å². The zero-order valence-corrected chi connectivity index (χ0v) is 13.5. The molecule has 0 unspecified atom stereocenters. The van der Waals surface area contributed by atoms with Crippen molar-refractivity contribution >= 4 is 18.0 Å². The molecule has 1 heterocycles. The van der Waals surface area contributed by atoms with Gasteiger partial charge in [0.2, 0.25) is 5.16 Å². The van der Waals surface area contributed by atoms with E-state index in [1.165, 1.54) is 22.7 Å². The van der Waals surface area contributed by atoms with Crippen molar-refractivity contribution in [2.45, 2.75) is 12.1 Å². The molecule has 2 aromatic rings. The van der Waals surface area contributed by atoms with Crippen molar-refractivity contribution in [3.05, 3.63) is 39.8 Å². The minimum Gasteiger partial charge on any atom is -0.497 e. The molecular weight excluding hydrogens is 304 g/mol. The average Bonchev–Trinajstić information content (AvgIpc) is 2.55. The number of hydrogen-bond donors (Lipinski definition) is 0. The van der Waals surface area contributed by atoms with Gasteiger partial charge in [-0.05, 0) is 31.4 Å². The third-order valence-electron chi connectivity index (χ3n) is 2.90. The molecule has 22 heavy (non-hydrogen) atoms. The molecule has 0 aliphatic rings. The molecule has 0 saturated heterocycles. The molecule has 0 saturated carbocycles. The van der Waals surface area contributed by atoms with Crippen LogP contribution in [0.1, 0.15) is 11.3 Å². The first-order chi connectivity index (χ1) is 10.6. The molecule has 0 bridgehead atoms. The Kier molecular flexibility index (Phi) is 5.16. The van der Waals surface area contributed by atoms with Gasteiger partial charge in [0.05, 0.1) is 20.4 Å². The van der Waals surface area contributed by atoms with Crippen LogP contribution in [0.25, 0.3) is 0 Å². The van der Waals surface area contributed by atoms with Crippen LogP contribution in [0.15, 0.2) is 33.3 Å². The highest BCUT2D eigenvalue weighted by Gasteiger charge is 2.08. The molecule has 1 aromatic heterocycles. The molecule has 0 aliphatic heterocycles. The van der Waals surface area contributed by atoms with E-state index in [4.69, 9.17) is 9.47 Å².